The van der Waals surface area contributed by atoms with Crippen LogP contribution in [0, 0.1) is 12.8 Å². The molecule has 3 N–H and O–H groups in total. The smallest absolute Gasteiger partial charge is 0.0765 e. The van der Waals surface area contributed by atoms with Gasteiger partial charge >= 0.3 is 0 Å². The van der Waals surface area contributed by atoms with E-state index in [0.29, 0.717) is 0 Å². The fourth-order valence-electron chi connectivity index (χ4n) is 0. The van der Waals surface area contributed by atoms with Crippen molar-refractivity contribution in [1.82, 2.24) is 0 Å². The number of nitrogens with one attached hydrogen (secondary N) is 1. The molecule has 0 bridgehead atoms. The molecule has 0 aromatic carbocycles. The van der Waals surface area contributed by atoms with Crippen LogP contribution in [-0.2, 0) is 32.7 Å². The molecule has 0 atom stereocenters. The Kier molecular flexibility index (Phi) is 83.0. The third-order valence-corrected chi connectivity index (χ3v) is 0. The molecule has 0 saturated carbocycles. The molecule has 0 unspecified atom stereocenters. The van der Waals surface area contributed by atoms with E-state index in [1.165, 1.54) is 0 Å². The van der Waals surface area contributed by atoms with Gasteiger partial charge in [-0.05, 0) is 0 Å². The molecule has 2 nitrogen and oxygen atoms in total. The van der Waals surface area contributed by atoms with Gasteiger partial charge in [0.25, 0.3) is 0 Å². The quantitative estimate of drug-likeness (QED) is 0.283. The zero-order valence-corrected chi connectivity index (χ0v) is 6.07. The first-order chi connectivity index (χ1) is 1.41. The van der Waals surface area contributed by atoms with E-state index in [1.54, 1.807) is 0 Å². The molecule has 0 fully saturated rings. The van der Waals surface area contributed by atoms with Crippen LogP contribution in [0.15, 0.2) is 0 Å². The summed E-state index contributed by atoms with van der Waals surface area (Å²) in [4.78, 5) is 0. The first-order valence-electron chi connectivity index (χ1n) is 0.622. The van der Waals surface area contributed by atoms with E-state index in [2.05, 4.69) is 5.73 Å². The summed E-state index contributed by atoms with van der Waals surface area (Å²) in [6.45, 7) is 0. The van der Waals surface area contributed by atoms with Crippen LogP contribution < -0.4 is 5.73 Å². The Hall–Kier alpha value is 0.574. The van der Waals surface area contributed by atoms with Crippen molar-refractivity contribution in [2.24, 2.45) is 5.73 Å². The summed E-state index contributed by atoms with van der Waals surface area (Å²) < 4.78 is 0. The number of nitrogens with two attached hydrogens (primary N) is 1. The molecule has 0 aliphatic carbocycles. The van der Waals surface area contributed by atoms with Gasteiger partial charge in [0.05, 0.1) is 6.34 Å². The van der Waals surface area contributed by atoms with Crippen LogP contribution >= 0.6 is 0 Å². The van der Waals surface area contributed by atoms with E-state index in [4.69, 9.17) is 5.41 Å². The minimum absolute atomic E-state index is 0. The van der Waals surface area contributed by atoms with Crippen LogP contribution in [0.5, 0.6) is 0 Å². The summed E-state index contributed by atoms with van der Waals surface area (Å²) in [5, 5.41) is 5.86. The van der Waals surface area contributed by atoms with E-state index >= 15 is 0 Å². The summed E-state index contributed by atoms with van der Waals surface area (Å²) >= 11 is 0. The molecule has 5 heavy (non-hydrogen) atoms. The van der Waals surface area contributed by atoms with Gasteiger partial charge < -0.3 is 13.2 Å². The summed E-state index contributed by atoms with van der Waals surface area (Å²) in [5.74, 6) is 0. The van der Waals surface area contributed by atoms with Crippen molar-refractivity contribution in [3.8, 4) is 0 Å². The predicted molar refractivity (Wildman–Crippen MR) is 19.4 cm³/mol. The standard InChI is InChI=1S/CH4N2.CH3.Y/c2-1-3;;/h1H,(H3,2,3);1H3;/q;-1;. The Labute approximate surface area is 57.5 Å². The number of rotatable bonds is 0. The molecule has 0 aromatic rings. The van der Waals surface area contributed by atoms with Crippen LogP contribution in [0.25, 0.3) is 0 Å². The van der Waals surface area contributed by atoms with E-state index in [9.17, 15) is 0 Å². The van der Waals surface area contributed by atoms with Gasteiger partial charge in [-0.3, -0.25) is 5.41 Å². The first kappa shape index (κ1) is 17.6. The largest absolute Gasteiger partial charge is 0.390 e. The maximum atomic E-state index is 5.86. The van der Waals surface area contributed by atoms with Gasteiger partial charge in [0.2, 0.25) is 0 Å². The van der Waals surface area contributed by atoms with Crippen molar-refractivity contribution in [1.29, 1.82) is 5.41 Å². The molecule has 0 aliphatic rings. The van der Waals surface area contributed by atoms with Gasteiger partial charge in [-0.25, -0.2) is 0 Å². The molecule has 0 aliphatic heterocycles. The maximum Gasteiger partial charge on any atom is 0.0765 e. The van der Waals surface area contributed by atoms with Gasteiger partial charge in [-0.15, -0.1) is 0 Å². The van der Waals surface area contributed by atoms with Gasteiger partial charge in [0.1, 0.15) is 0 Å². The summed E-state index contributed by atoms with van der Waals surface area (Å²) in [5.41, 5.74) is 4.39. The minimum Gasteiger partial charge on any atom is -0.390 e. The molecule has 29 valence electrons. The second kappa shape index (κ2) is 23.6. The SMILES string of the molecule is N=CN.[CH3-].[Y]. The van der Waals surface area contributed by atoms with Crippen LogP contribution in [0.2, 0.25) is 0 Å². The van der Waals surface area contributed by atoms with Crippen molar-refractivity contribution >= 4 is 6.34 Å². The molecule has 3 heteroatoms. The Morgan fingerprint density at radius 3 is 1.60 bits per heavy atom. The van der Waals surface area contributed by atoms with Gasteiger partial charge in [-0.2, -0.15) is 0 Å². The zero-order chi connectivity index (χ0) is 2.71. The van der Waals surface area contributed by atoms with Gasteiger partial charge in [-0.1, -0.05) is 0 Å². The topological polar surface area (TPSA) is 49.9 Å². The molecular weight excluding hydrogens is 141 g/mol. The maximum absolute atomic E-state index is 5.86. The van der Waals surface area contributed by atoms with Crippen LogP contribution in [0.4, 0.5) is 0 Å². The summed E-state index contributed by atoms with van der Waals surface area (Å²) in [6, 6.07) is 0. The monoisotopic (exact) mass is 148 g/mol. The Balaban J connectivity index is -0.0000000200. The Morgan fingerprint density at radius 1 is 1.60 bits per heavy atom. The summed E-state index contributed by atoms with van der Waals surface area (Å²) in [7, 11) is 0. The van der Waals surface area contributed by atoms with Crippen molar-refractivity contribution in [2.75, 3.05) is 0 Å². The Morgan fingerprint density at radius 2 is 1.60 bits per heavy atom. The number of hydrogen-bond acceptors (Lipinski definition) is 1. The first-order valence-corrected chi connectivity index (χ1v) is 0.622. The van der Waals surface area contributed by atoms with E-state index in [-0.39, 0.29) is 40.1 Å². The van der Waals surface area contributed by atoms with E-state index in [0.717, 1.165) is 6.34 Å². The normalized spacial score (nSPS) is 2.40. The molecule has 0 rings (SSSR count). The molecule has 0 spiro atoms. The van der Waals surface area contributed by atoms with Crippen molar-refractivity contribution in [2.45, 2.75) is 0 Å². The van der Waals surface area contributed by atoms with Crippen molar-refractivity contribution in [3.63, 3.8) is 0 Å². The minimum atomic E-state index is 0. The van der Waals surface area contributed by atoms with Crippen LogP contribution in [0.3, 0.4) is 0 Å². The predicted octanol–water partition coefficient (Wildman–Crippen LogP) is -0.0000400. The van der Waals surface area contributed by atoms with Crippen LogP contribution in [0.1, 0.15) is 0 Å². The number of hydrogen-bond donors (Lipinski definition) is 2. The Bertz CT molecular complexity index is 15.1. The van der Waals surface area contributed by atoms with E-state index in [1.807, 2.05) is 0 Å². The van der Waals surface area contributed by atoms with Crippen molar-refractivity contribution in [3.05, 3.63) is 7.43 Å². The van der Waals surface area contributed by atoms with E-state index < -0.39 is 0 Å². The van der Waals surface area contributed by atoms with Crippen LogP contribution in [-0.4, -0.2) is 6.34 Å². The third kappa shape index (κ3) is 92.0. The van der Waals surface area contributed by atoms with Gasteiger partial charge in [0, 0.05) is 32.7 Å². The third-order valence-electron chi connectivity index (χ3n) is 0. The van der Waals surface area contributed by atoms with Gasteiger partial charge in [0.15, 0.2) is 0 Å². The fourth-order valence-corrected chi connectivity index (χ4v) is 0. The molecule has 0 aromatic heterocycles. The molecule has 0 saturated heterocycles. The fraction of sp³-hybridized carbons (Fsp3) is 0. The molecule has 0 heterocycles. The van der Waals surface area contributed by atoms with Crippen molar-refractivity contribution < 1.29 is 32.7 Å². The second-order valence-corrected chi connectivity index (χ2v) is 0.167. The second-order valence-electron chi connectivity index (χ2n) is 0.167. The zero-order valence-electron chi connectivity index (χ0n) is 3.23. The summed E-state index contributed by atoms with van der Waals surface area (Å²) in [6.07, 6.45) is 0.750. The molecule has 1 radical (unpaired) electrons. The molecular formula is C2H7N2Y-. The average Bonchev–Trinajstić information content (AvgIpc) is 0.918. The average molecular weight is 148 g/mol. The molecule has 0 amide bonds.